The quantitative estimate of drug-likeness (QED) is 0.363. The Labute approximate surface area is 70.2 Å². The fraction of sp³-hybridized carbons (Fsp3) is 0.571. The number of hydrogen-bond donors (Lipinski definition) is 0. The largest absolute Gasteiger partial charge is 0.469 e. The van der Waals surface area contributed by atoms with Gasteiger partial charge < -0.3 is 4.74 Å². The van der Waals surface area contributed by atoms with Gasteiger partial charge in [-0.15, -0.1) is 0 Å². The summed E-state index contributed by atoms with van der Waals surface area (Å²) < 4.78 is 4.34. The zero-order chi connectivity index (χ0) is 9.56. The van der Waals surface area contributed by atoms with Crippen molar-refractivity contribution in [3.8, 4) is 0 Å². The number of esters is 1. The van der Waals surface area contributed by atoms with Crippen LogP contribution in [0.1, 0.15) is 19.8 Å². The number of rotatable bonds is 4. The lowest BCUT2D eigenvalue weighted by molar-refractivity contribution is -0.428. The van der Waals surface area contributed by atoms with Crippen LogP contribution >= 0.6 is 0 Å². The van der Waals surface area contributed by atoms with Crippen LogP contribution in [-0.2, 0) is 9.53 Å². The molecule has 5 nitrogen and oxygen atoms in total. The zero-order valence-electron chi connectivity index (χ0n) is 7.07. The van der Waals surface area contributed by atoms with Crippen molar-refractivity contribution in [1.82, 2.24) is 0 Å². The Kier molecular flexibility index (Phi) is 4.67. The number of methoxy groups -OCH3 is 1. The highest BCUT2D eigenvalue weighted by atomic mass is 16.6. The monoisotopic (exact) mass is 173 g/mol. The molecular weight excluding hydrogens is 162 g/mol. The van der Waals surface area contributed by atoms with Crippen molar-refractivity contribution in [2.45, 2.75) is 19.8 Å². The number of carbonyl (C=O) groups excluding carboxylic acids is 1. The van der Waals surface area contributed by atoms with Crippen LogP contribution in [0.2, 0.25) is 0 Å². The molecule has 0 saturated heterocycles. The predicted molar refractivity (Wildman–Crippen MR) is 42.0 cm³/mol. The first kappa shape index (κ1) is 10.6. The molecule has 0 aromatic carbocycles. The zero-order valence-corrected chi connectivity index (χ0v) is 7.07. The Bertz CT molecular complexity index is 209. The molecule has 0 amide bonds. The summed E-state index contributed by atoms with van der Waals surface area (Å²) in [4.78, 5) is 20.3. The lowest BCUT2D eigenvalue weighted by atomic mass is 10.2. The van der Waals surface area contributed by atoms with E-state index in [4.69, 9.17) is 0 Å². The number of ether oxygens (including phenoxy) is 1. The van der Waals surface area contributed by atoms with Crippen LogP contribution in [0.3, 0.4) is 0 Å². The molecule has 12 heavy (non-hydrogen) atoms. The van der Waals surface area contributed by atoms with E-state index in [2.05, 4.69) is 4.74 Å². The molecule has 5 heteroatoms. The van der Waals surface area contributed by atoms with E-state index in [9.17, 15) is 14.9 Å². The van der Waals surface area contributed by atoms with Crippen LogP contribution < -0.4 is 0 Å². The van der Waals surface area contributed by atoms with E-state index in [0.29, 0.717) is 0 Å². The van der Waals surface area contributed by atoms with Crippen LogP contribution in [0.15, 0.2) is 11.8 Å². The van der Waals surface area contributed by atoms with Crippen LogP contribution in [0.5, 0.6) is 0 Å². The highest BCUT2D eigenvalue weighted by Gasteiger charge is 2.11. The molecule has 0 aromatic heterocycles. The Balaban J connectivity index is 3.91. The number of allylic oxidation sites excluding steroid dienone is 2. The van der Waals surface area contributed by atoms with Gasteiger partial charge in [-0.05, 0) is 13.0 Å². The number of carbonyl (C=O) groups is 1. The van der Waals surface area contributed by atoms with Gasteiger partial charge in [0.1, 0.15) is 0 Å². The second-order valence-corrected chi connectivity index (χ2v) is 2.11. The molecule has 0 aliphatic carbocycles. The van der Waals surface area contributed by atoms with Gasteiger partial charge in [0.15, 0.2) is 0 Å². The molecule has 0 N–H and O–H groups in total. The summed E-state index contributed by atoms with van der Waals surface area (Å²) in [6, 6.07) is 0. The Morgan fingerprint density at radius 3 is 2.50 bits per heavy atom. The van der Waals surface area contributed by atoms with Gasteiger partial charge in [0.25, 0.3) is 0 Å². The van der Waals surface area contributed by atoms with Gasteiger partial charge in [0, 0.05) is 6.42 Å². The van der Waals surface area contributed by atoms with Crippen molar-refractivity contribution < 1.29 is 14.5 Å². The van der Waals surface area contributed by atoms with E-state index in [1.54, 1.807) is 6.92 Å². The van der Waals surface area contributed by atoms with Crippen LogP contribution in [0.4, 0.5) is 0 Å². The molecule has 0 saturated carbocycles. The van der Waals surface area contributed by atoms with Crippen molar-refractivity contribution in [3.63, 3.8) is 0 Å². The van der Waals surface area contributed by atoms with Crippen LogP contribution in [-0.4, -0.2) is 18.0 Å². The fourth-order valence-electron chi connectivity index (χ4n) is 0.673. The minimum atomic E-state index is -0.497. The first-order valence-electron chi connectivity index (χ1n) is 3.48. The summed E-state index contributed by atoms with van der Waals surface area (Å²) in [5, 5.41) is 10.2. The molecule has 0 atom stereocenters. The first-order chi connectivity index (χ1) is 5.61. The Morgan fingerprint density at radius 2 is 2.17 bits per heavy atom. The predicted octanol–water partition coefficient (Wildman–Crippen LogP) is 1.12. The van der Waals surface area contributed by atoms with E-state index >= 15 is 0 Å². The van der Waals surface area contributed by atoms with Crippen molar-refractivity contribution in [2.75, 3.05) is 7.11 Å². The average molecular weight is 173 g/mol. The van der Waals surface area contributed by atoms with Gasteiger partial charge in [-0.2, -0.15) is 0 Å². The van der Waals surface area contributed by atoms with Crippen molar-refractivity contribution in [2.24, 2.45) is 0 Å². The number of nitro groups is 1. The molecule has 0 aromatic rings. The lowest BCUT2D eigenvalue weighted by Crippen LogP contribution is -2.04. The topological polar surface area (TPSA) is 69.4 Å². The van der Waals surface area contributed by atoms with E-state index in [-0.39, 0.29) is 18.5 Å². The molecule has 0 rings (SSSR count). The summed E-state index contributed by atoms with van der Waals surface area (Å²) >= 11 is 0. The average Bonchev–Trinajstić information content (AvgIpc) is 2.04. The minimum Gasteiger partial charge on any atom is -0.469 e. The van der Waals surface area contributed by atoms with Crippen LogP contribution in [0.25, 0.3) is 0 Å². The van der Waals surface area contributed by atoms with Gasteiger partial charge in [0.05, 0.1) is 18.5 Å². The second-order valence-electron chi connectivity index (χ2n) is 2.11. The van der Waals surface area contributed by atoms with Gasteiger partial charge >= 0.3 is 5.97 Å². The van der Waals surface area contributed by atoms with Gasteiger partial charge in [-0.25, -0.2) is 0 Å². The Hall–Kier alpha value is -1.39. The Morgan fingerprint density at radius 1 is 1.58 bits per heavy atom. The fourth-order valence-corrected chi connectivity index (χ4v) is 0.673. The van der Waals surface area contributed by atoms with Crippen molar-refractivity contribution >= 4 is 5.97 Å². The second kappa shape index (κ2) is 5.29. The SMILES string of the molecule is CC=C(CCC(=O)OC)[N+](=O)[O-]. The standard InChI is InChI=1S/C7H11NO4/c1-3-6(8(10)11)4-5-7(9)12-2/h3H,4-5H2,1-2H3. The highest BCUT2D eigenvalue weighted by Crippen LogP contribution is 2.05. The normalized spacial score (nSPS) is 11.0. The molecule has 68 valence electrons. The van der Waals surface area contributed by atoms with Gasteiger partial charge in [-0.1, -0.05) is 0 Å². The molecule has 0 heterocycles. The number of hydrogen-bond acceptors (Lipinski definition) is 4. The lowest BCUT2D eigenvalue weighted by Gasteiger charge is -1.96. The molecule has 0 bridgehead atoms. The van der Waals surface area contributed by atoms with Gasteiger partial charge in [0.2, 0.25) is 5.70 Å². The van der Waals surface area contributed by atoms with Crippen LogP contribution in [0, 0.1) is 10.1 Å². The molecule has 0 unspecified atom stereocenters. The molecule has 0 aliphatic rings. The maximum atomic E-state index is 10.6. The van der Waals surface area contributed by atoms with Crippen molar-refractivity contribution in [3.05, 3.63) is 21.9 Å². The van der Waals surface area contributed by atoms with E-state index in [1.165, 1.54) is 13.2 Å². The summed E-state index contributed by atoms with van der Waals surface area (Å²) in [6.07, 6.45) is 1.55. The van der Waals surface area contributed by atoms with Gasteiger partial charge in [-0.3, -0.25) is 14.9 Å². The summed E-state index contributed by atoms with van der Waals surface area (Å²) in [7, 11) is 1.25. The molecule has 0 fully saturated rings. The third-order valence-electron chi connectivity index (χ3n) is 1.38. The molecular formula is C7H11NO4. The summed E-state index contributed by atoms with van der Waals surface area (Å²) in [5.74, 6) is -0.434. The molecule has 0 spiro atoms. The summed E-state index contributed by atoms with van der Waals surface area (Å²) in [5.41, 5.74) is 0.0420. The first-order valence-corrected chi connectivity index (χ1v) is 3.48. The van der Waals surface area contributed by atoms with E-state index < -0.39 is 10.9 Å². The molecule has 0 radical (unpaired) electrons. The third kappa shape index (κ3) is 3.70. The van der Waals surface area contributed by atoms with E-state index in [1.807, 2.05) is 0 Å². The maximum Gasteiger partial charge on any atom is 0.306 e. The maximum absolute atomic E-state index is 10.6. The third-order valence-corrected chi connectivity index (χ3v) is 1.38. The van der Waals surface area contributed by atoms with Crippen molar-refractivity contribution in [1.29, 1.82) is 0 Å². The number of nitrogens with zero attached hydrogens (tertiary/aromatic N) is 1. The summed E-state index contributed by atoms with van der Waals surface area (Å²) in [6.45, 7) is 1.56. The highest BCUT2D eigenvalue weighted by molar-refractivity contribution is 5.69. The van der Waals surface area contributed by atoms with E-state index in [0.717, 1.165) is 0 Å². The smallest absolute Gasteiger partial charge is 0.306 e. The molecule has 0 aliphatic heterocycles. The minimum absolute atomic E-state index is 0.0420.